The van der Waals surface area contributed by atoms with Gasteiger partial charge in [-0.3, -0.25) is 0 Å². The molecule has 1 aliphatic rings. The number of nitrogens with zero attached hydrogens (tertiary/aromatic N) is 5. The molecule has 0 bridgehead atoms. The molecule has 0 radical (unpaired) electrons. The van der Waals surface area contributed by atoms with Crippen molar-refractivity contribution in [1.29, 1.82) is 0 Å². The van der Waals surface area contributed by atoms with Crippen molar-refractivity contribution < 1.29 is 8.97 Å². The third-order valence-corrected chi connectivity index (χ3v) is 5.39. The van der Waals surface area contributed by atoms with Crippen LogP contribution >= 0.6 is 0 Å². The minimum Gasteiger partial charge on any atom is -0.316 e. The van der Waals surface area contributed by atoms with Crippen LogP contribution in [0, 0.1) is 18.7 Å². The van der Waals surface area contributed by atoms with Crippen LogP contribution in [0.4, 0.5) is 10.1 Å². The molecule has 0 aromatic carbocycles. The van der Waals surface area contributed by atoms with Crippen molar-refractivity contribution in [2.45, 2.75) is 13.3 Å². The van der Waals surface area contributed by atoms with Crippen molar-refractivity contribution in [3.8, 4) is 11.3 Å². The molecule has 0 saturated carbocycles. The van der Waals surface area contributed by atoms with Crippen molar-refractivity contribution in [2.75, 3.05) is 20.1 Å². The normalized spacial score (nSPS) is 17.5. The molecule has 5 rings (SSSR count). The quantitative estimate of drug-likeness (QED) is 0.431. The molecule has 0 spiro atoms. The van der Waals surface area contributed by atoms with Gasteiger partial charge in [-0.05, 0) is 38.1 Å². The molecular weight excluding hydrogens is 367 g/mol. The predicted octanol–water partition coefficient (Wildman–Crippen LogP) is 3.35. The van der Waals surface area contributed by atoms with E-state index in [0.717, 1.165) is 36.3 Å². The molecule has 1 aliphatic heterocycles. The van der Waals surface area contributed by atoms with E-state index in [9.17, 15) is 4.39 Å². The van der Waals surface area contributed by atoms with Gasteiger partial charge in [-0.25, -0.2) is 23.9 Å². The largest absolute Gasteiger partial charge is 0.316 e. The standard InChI is InChI=1S/C22H22FN6/c1-14-11-29-13-17(8-19(23)22(29)26-14)20-4-3-16-7-18(10-25-21(16)27-20)28(2)12-15-5-6-24-9-15/h3-4,7-8,10-13,15,24H,5-6,9H2,1-2H3/q+1. The molecule has 5 heterocycles. The van der Waals surface area contributed by atoms with Gasteiger partial charge in [-0.2, -0.15) is 0 Å². The van der Waals surface area contributed by atoms with Crippen LogP contribution in [0.3, 0.4) is 0 Å². The Morgan fingerprint density at radius 3 is 2.97 bits per heavy atom. The summed E-state index contributed by atoms with van der Waals surface area (Å²) in [7, 11) is 2.05. The zero-order valence-electron chi connectivity index (χ0n) is 16.4. The van der Waals surface area contributed by atoms with E-state index < -0.39 is 0 Å². The number of halogens is 1. The summed E-state index contributed by atoms with van der Waals surface area (Å²) in [6, 6.07) is 7.45. The number of aromatic nitrogens is 4. The SMILES string of the molecule is Cc1cn2cc(-c3ccc4cc([N+](C)=CC5CCNC5)cnc4n3)cc(F)c2n1. The fraction of sp³-hybridized carbons (Fsp3) is 0.273. The molecule has 1 saturated heterocycles. The third-order valence-electron chi connectivity index (χ3n) is 5.39. The zero-order chi connectivity index (χ0) is 20.0. The third kappa shape index (κ3) is 3.38. The molecule has 1 N–H and O–H groups in total. The molecule has 29 heavy (non-hydrogen) atoms. The van der Waals surface area contributed by atoms with E-state index in [1.54, 1.807) is 10.6 Å². The smallest absolute Gasteiger partial charge is 0.223 e. The molecule has 7 heteroatoms. The average Bonchev–Trinajstić information content (AvgIpc) is 3.36. The Morgan fingerprint density at radius 1 is 1.24 bits per heavy atom. The Hall–Kier alpha value is -3.19. The summed E-state index contributed by atoms with van der Waals surface area (Å²) in [5.41, 5.74) is 4.15. The van der Waals surface area contributed by atoms with Crippen LogP contribution in [0.5, 0.6) is 0 Å². The predicted molar refractivity (Wildman–Crippen MR) is 111 cm³/mol. The lowest BCUT2D eigenvalue weighted by Gasteiger charge is -2.06. The van der Waals surface area contributed by atoms with Crippen LogP contribution in [0.15, 0.2) is 42.9 Å². The highest BCUT2D eigenvalue weighted by molar-refractivity contribution is 5.80. The van der Waals surface area contributed by atoms with Crippen LogP contribution < -0.4 is 5.32 Å². The maximum atomic E-state index is 14.4. The summed E-state index contributed by atoms with van der Waals surface area (Å²) in [4.78, 5) is 13.4. The molecule has 146 valence electrons. The maximum absolute atomic E-state index is 14.4. The fourth-order valence-corrected chi connectivity index (χ4v) is 3.88. The van der Waals surface area contributed by atoms with Crippen molar-refractivity contribution >= 4 is 28.6 Å². The van der Waals surface area contributed by atoms with Gasteiger partial charge in [-0.15, -0.1) is 0 Å². The van der Waals surface area contributed by atoms with Gasteiger partial charge in [0, 0.05) is 36.0 Å². The molecule has 6 nitrogen and oxygen atoms in total. The van der Waals surface area contributed by atoms with Gasteiger partial charge in [0.05, 0.1) is 17.3 Å². The number of imidazole rings is 1. The van der Waals surface area contributed by atoms with Gasteiger partial charge < -0.3 is 9.72 Å². The number of pyridine rings is 3. The lowest BCUT2D eigenvalue weighted by molar-refractivity contribution is -0.402. The monoisotopic (exact) mass is 389 g/mol. The first-order chi connectivity index (χ1) is 14.1. The summed E-state index contributed by atoms with van der Waals surface area (Å²) >= 11 is 0. The van der Waals surface area contributed by atoms with Gasteiger partial charge in [-0.1, -0.05) is 0 Å². The van der Waals surface area contributed by atoms with Crippen LogP contribution in [-0.2, 0) is 0 Å². The van der Waals surface area contributed by atoms with Gasteiger partial charge in [0.15, 0.2) is 17.1 Å². The number of nitrogens with one attached hydrogen (secondary N) is 1. The summed E-state index contributed by atoms with van der Waals surface area (Å²) in [5, 5.41) is 4.34. The number of fused-ring (bicyclic) bond motifs is 2. The molecule has 4 aromatic heterocycles. The van der Waals surface area contributed by atoms with Crippen molar-refractivity contribution in [1.82, 2.24) is 24.7 Å². The van der Waals surface area contributed by atoms with Gasteiger partial charge in [0.25, 0.3) is 0 Å². The molecule has 1 unspecified atom stereocenters. The van der Waals surface area contributed by atoms with E-state index in [1.165, 1.54) is 6.07 Å². The van der Waals surface area contributed by atoms with E-state index in [2.05, 4.69) is 37.1 Å². The first kappa shape index (κ1) is 17.9. The van der Waals surface area contributed by atoms with Crippen molar-refractivity contribution in [3.63, 3.8) is 0 Å². The van der Waals surface area contributed by atoms with E-state index in [0.29, 0.717) is 28.5 Å². The van der Waals surface area contributed by atoms with E-state index >= 15 is 0 Å². The van der Waals surface area contributed by atoms with E-state index in [-0.39, 0.29) is 5.82 Å². The Bertz CT molecular complexity index is 1250. The number of aryl methyl sites for hydroxylation is 1. The first-order valence-corrected chi connectivity index (χ1v) is 9.77. The van der Waals surface area contributed by atoms with Crippen molar-refractivity contribution in [2.24, 2.45) is 5.92 Å². The van der Waals surface area contributed by atoms with Crippen LogP contribution in [0.25, 0.3) is 27.9 Å². The fourth-order valence-electron chi connectivity index (χ4n) is 3.88. The molecule has 0 amide bonds. The second-order valence-corrected chi connectivity index (χ2v) is 7.64. The van der Waals surface area contributed by atoms with Gasteiger partial charge >= 0.3 is 0 Å². The molecular formula is C22H22FN6+. The van der Waals surface area contributed by atoms with Crippen LogP contribution in [-0.4, -0.2) is 50.3 Å². The lowest BCUT2D eigenvalue weighted by Crippen LogP contribution is -2.14. The topological polar surface area (TPSA) is 58.1 Å². The van der Waals surface area contributed by atoms with Crippen LogP contribution in [0.2, 0.25) is 0 Å². The summed E-state index contributed by atoms with van der Waals surface area (Å²) in [6.07, 6.45) is 8.89. The second kappa shape index (κ2) is 7.00. The molecule has 0 aliphatic carbocycles. The van der Waals surface area contributed by atoms with Gasteiger partial charge in [0.2, 0.25) is 5.69 Å². The highest BCUT2D eigenvalue weighted by Crippen LogP contribution is 2.24. The van der Waals surface area contributed by atoms with Crippen LogP contribution in [0.1, 0.15) is 12.1 Å². The number of hydrogen-bond donors (Lipinski definition) is 1. The summed E-state index contributed by atoms with van der Waals surface area (Å²) in [6.45, 7) is 3.94. The minimum atomic E-state index is -0.362. The maximum Gasteiger partial charge on any atom is 0.223 e. The first-order valence-electron chi connectivity index (χ1n) is 9.77. The Morgan fingerprint density at radius 2 is 2.14 bits per heavy atom. The number of rotatable bonds is 3. The second-order valence-electron chi connectivity index (χ2n) is 7.64. The van der Waals surface area contributed by atoms with E-state index in [4.69, 9.17) is 0 Å². The highest BCUT2D eigenvalue weighted by Gasteiger charge is 2.17. The summed E-state index contributed by atoms with van der Waals surface area (Å²) in [5.74, 6) is 0.187. The Kier molecular flexibility index (Phi) is 4.32. The summed E-state index contributed by atoms with van der Waals surface area (Å²) < 4.78 is 18.3. The Balaban J connectivity index is 1.51. The van der Waals surface area contributed by atoms with E-state index in [1.807, 2.05) is 38.5 Å². The average molecular weight is 389 g/mol. The van der Waals surface area contributed by atoms with Gasteiger partial charge in [0.1, 0.15) is 19.5 Å². The highest BCUT2D eigenvalue weighted by atomic mass is 19.1. The minimum absolute atomic E-state index is 0.326. The Labute approximate surface area is 167 Å². The molecule has 4 aromatic rings. The van der Waals surface area contributed by atoms with Crippen molar-refractivity contribution in [3.05, 3.63) is 54.4 Å². The zero-order valence-corrected chi connectivity index (χ0v) is 16.4. The molecule has 1 atom stereocenters. The number of hydrogen-bond acceptors (Lipinski definition) is 4. The lowest BCUT2D eigenvalue weighted by atomic mass is 10.1. The molecule has 1 fully saturated rings.